The monoisotopic (exact) mass is 407 g/mol. The Balaban J connectivity index is 1.44. The first-order chi connectivity index (χ1) is 14.1. The topological polar surface area (TPSA) is 71.5 Å². The third kappa shape index (κ3) is 4.30. The minimum Gasteiger partial charge on any atom is -0.450 e. The number of fused-ring (bicyclic) bond motifs is 1. The highest BCUT2D eigenvalue weighted by Gasteiger charge is 2.25. The lowest BCUT2D eigenvalue weighted by molar-refractivity contribution is 0.0736. The van der Waals surface area contributed by atoms with Gasteiger partial charge >= 0.3 is 6.09 Å². The molecule has 1 aliphatic heterocycles. The van der Waals surface area contributed by atoms with Gasteiger partial charge in [0.25, 0.3) is 5.91 Å². The van der Waals surface area contributed by atoms with E-state index < -0.39 is 6.09 Å². The fraction of sp³-hybridized carbons (Fsp3) is 0.227. The van der Waals surface area contributed by atoms with Gasteiger partial charge in [-0.1, -0.05) is 53.8 Å². The summed E-state index contributed by atoms with van der Waals surface area (Å²) in [5.41, 5.74) is 3.81. The lowest BCUT2D eigenvalue weighted by Gasteiger charge is -2.26. The average molecular weight is 407 g/mol. The molecule has 2 amide bonds. The molecule has 1 aromatic heterocycles. The predicted molar refractivity (Wildman–Crippen MR) is 113 cm³/mol. The fourth-order valence-corrected chi connectivity index (χ4v) is 4.30. The van der Waals surface area contributed by atoms with Gasteiger partial charge in [-0.05, 0) is 30.2 Å². The van der Waals surface area contributed by atoms with Crippen LogP contribution in [0.5, 0.6) is 0 Å². The van der Waals surface area contributed by atoms with Crippen molar-refractivity contribution in [2.75, 3.05) is 18.5 Å². The van der Waals surface area contributed by atoms with Crippen LogP contribution in [-0.4, -0.2) is 35.0 Å². The molecule has 0 fully saturated rings. The van der Waals surface area contributed by atoms with Crippen molar-refractivity contribution < 1.29 is 14.3 Å². The lowest BCUT2D eigenvalue weighted by Crippen LogP contribution is -2.35. The summed E-state index contributed by atoms with van der Waals surface area (Å²) in [5.74, 6) is 0.00330. The Morgan fingerprint density at radius 1 is 1.10 bits per heavy atom. The molecular formula is C22H21N3O3S. The third-order valence-corrected chi connectivity index (χ3v) is 5.74. The number of benzene rings is 2. The fourth-order valence-electron chi connectivity index (χ4n) is 3.30. The van der Waals surface area contributed by atoms with Crippen molar-refractivity contribution in [2.45, 2.75) is 19.9 Å². The minimum atomic E-state index is -0.509. The van der Waals surface area contributed by atoms with E-state index in [1.54, 1.807) is 6.92 Å². The van der Waals surface area contributed by atoms with Crippen LogP contribution in [0.25, 0.3) is 11.1 Å². The van der Waals surface area contributed by atoms with Crippen LogP contribution in [0.1, 0.15) is 27.9 Å². The van der Waals surface area contributed by atoms with E-state index in [9.17, 15) is 9.59 Å². The summed E-state index contributed by atoms with van der Waals surface area (Å²) in [6, 6.07) is 17.8. The first-order valence-electron chi connectivity index (χ1n) is 9.51. The molecule has 1 N–H and O–H groups in total. The van der Waals surface area contributed by atoms with E-state index in [1.807, 2.05) is 47.4 Å². The number of amides is 2. The van der Waals surface area contributed by atoms with Gasteiger partial charge in [-0.15, -0.1) is 0 Å². The van der Waals surface area contributed by atoms with Crippen LogP contribution in [0, 0.1) is 0 Å². The molecule has 0 saturated heterocycles. The zero-order valence-electron chi connectivity index (χ0n) is 16.1. The molecule has 2 heterocycles. The van der Waals surface area contributed by atoms with Crippen molar-refractivity contribution in [3.63, 3.8) is 0 Å². The van der Waals surface area contributed by atoms with Gasteiger partial charge in [-0.2, -0.15) is 0 Å². The first kappa shape index (κ1) is 19.1. The SMILES string of the molecule is CCOC(=O)Nc1nc2c(s1)CN(C(=O)c1ccc(-c3ccccc3)cc1)CC2. The second-order valence-electron chi connectivity index (χ2n) is 6.65. The van der Waals surface area contributed by atoms with Crippen LogP contribution in [0.3, 0.4) is 0 Å². The number of hydrogen-bond donors (Lipinski definition) is 1. The van der Waals surface area contributed by atoms with Gasteiger partial charge in [0.1, 0.15) is 0 Å². The van der Waals surface area contributed by atoms with E-state index >= 15 is 0 Å². The molecule has 4 rings (SSSR count). The molecule has 6 nitrogen and oxygen atoms in total. The van der Waals surface area contributed by atoms with E-state index in [0.29, 0.717) is 36.8 Å². The Kier molecular flexibility index (Phi) is 5.57. The van der Waals surface area contributed by atoms with Gasteiger partial charge < -0.3 is 9.64 Å². The molecule has 1 aliphatic rings. The van der Waals surface area contributed by atoms with E-state index in [-0.39, 0.29) is 5.91 Å². The normalized spacial score (nSPS) is 12.9. The van der Waals surface area contributed by atoms with Crippen molar-refractivity contribution in [1.82, 2.24) is 9.88 Å². The third-order valence-electron chi connectivity index (χ3n) is 4.74. The molecule has 29 heavy (non-hydrogen) atoms. The summed E-state index contributed by atoms with van der Waals surface area (Å²) in [6.45, 7) is 3.16. The average Bonchev–Trinajstić information content (AvgIpc) is 3.15. The highest BCUT2D eigenvalue weighted by atomic mass is 32.1. The zero-order chi connectivity index (χ0) is 20.2. The Labute approximate surface area is 173 Å². The minimum absolute atomic E-state index is 0.00330. The molecule has 7 heteroatoms. The van der Waals surface area contributed by atoms with Gasteiger partial charge in [0.15, 0.2) is 5.13 Å². The Hall–Kier alpha value is -3.19. The van der Waals surface area contributed by atoms with Gasteiger partial charge in [0, 0.05) is 23.4 Å². The molecule has 0 atom stereocenters. The number of anilines is 1. The van der Waals surface area contributed by atoms with E-state index in [4.69, 9.17) is 4.74 Å². The van der Waals surface area contributed by atoms with Crippen LogP contribution in [0.2, 0.25) is 0 Å². The van der Waals surface area contributed by atoms with Gasteiger partial charge in [-0.3, -0.25) is 10.1 Å². The number of carbonyl (C=O) groups is 2. The molecule has 3 aromatic rings. The van der Waals surface area contributed by atoms with Crippen molar-refractivity contribution in [1.29, 1.82) is 0 Å². The molecule has 0 bridgehead atoms. The van der Waals surface area contributed by atoms with Crippen LogP contribution in [0.15, 0.2) is 54.6 Å². The number of hydrogen-bond acceptors (Lipinski definition) is 5. The van der Waals surface area contributed by atoms with E-state index in [1.165, 1.54) is 11.3 Å². The number of aromatic nitrogens is 1. The maximum Gasteiger partial charge on any atom is 0.413 e. The molecule has 0 radical (unpaired) electrons. The first-order valence-corrected chi connectivity index (χ1v) is 10.3. The largest absolute Gasteiger partial charge is 0.450 e. The Morgan fingerprint density at radius 2 is 1.83 bits per heavy atom. The summed E-state index contributed by atoms with van der Waals surface area (Å²) in [5, 5.41) is 3.15. The molecule has 0 saturated carbocycles. The Bertz CT molecular complexity index is 1020. The highest BCUT2D eigenvalue weighted by molar-refractivity contribution is 7.15. The highest BCUT2D eigenvalue weighted by Crippen LogP contribution is 2.29. The quantitative estimate of drug-likeness (QED) is 0.687. The van der Waals surface area contributed by atoms with Crippen LogP contribution in [0.4, 0.5) is 9.93 Å². The zero-order valence-corrected chi connectivity index (χ0v) is 16.9. The summed E-state index contributed by atoms with van der Waals surface area (Å²) < 4.78 is 4.89. The van der Waals surface area contributed by atoms with Crippen molar-refractivity contribution >= 4 is 28.5 Å². The van der Waals surface area contributed by atoms with E-state index in [0.717, 1.165) is 21.7 Å². The van der Waals surface area contributed by atoms with Crippen molar-refractivity contribution in [3.8, 4) is 11.1 Å². The second kappa shape index (κ2) is 8.45. The molecule has 0 unspecified atom stereocenters. The molecule has 148 valence electrons. The second-order valence-corrected chi connectivity index (χ2v) is 7.74. The van der Waals surface area contributed by atoms with E-state index in [2.05, 4.69) is 22.4 Å². The summed E-state index contributed by atoms with van der Waals surface area (Å²) >= 11 is 1.39. The summed E-state index contributed by atoms with van der Waals surface area (Å²) in [7, 11) is 0. The number of rotatable bonds is 4. The van der Waals surface area contributed by atoms with Gasteiger partial charge in [0.05, 0.1) is 18.8 Å². The standard InChI is InChI=1S/C22H21N3O3S/c1-2-28-22(27)24-21-23-18-12-13-25(14-19(18)29-21)20(26)17-10-8-16(9-11-17)15-6-4-3-5-7-15/h3-11H,2,12-14H2,1H3,(H,23,24,27). The Morgan fingerprint density at radius 3 is 2.55 bits per heavy atom. The predicted octanol–water partition coefficient (Wildman–Crippen LogP) is 4.58. The maximum atomic E-state index is 12.9. The molecule has 2 aromatic carbocycles. The number of ether oxygens (including phenoxy) is 1. The molecule has 0 aliphatic carbocycles. The van der Waals surface area contributed by atoms with Crippen LogP contribution in [-0.2, 0) is 17.7 Å². The van der Waals surface area contributed by atoms with Crippen molar-refractivity contribution in [2.24, 2.45) is 0 Å². The smallest absolute Gasteiger partial charge is 0.413 e. The molecular weight excluding hydrogens is 386 g/mol. The maximum absolute atomic E-state index is 12.9. The van der Waals surface area contributed by atoms with Crippen molar-refractivity contribution in [3.05, 3.63) is 70.7 Å². The van der Waals surface area contributed by atoms with Gasteiger partial charge in [-0.25, -0.2) is 9.78 Å². The summed E-state index contributed by atoms with van der Waals surface area (Å²) in [4.78, 5) is 31.8. The number of nitrogens with zero attached hydrogens (tertiary/aromatic N) is 2. The van der Waals surface area contributed by atoms with Crippen LogP contribution >= 0.6 is 11.3 Å². The number of nitrogens with one attached hydrogen (secondary N) is 1. The van der Waals surface area contributed by atoms with Gasteiger partial charge in [0.2, 0.25) is 0 Å². The number of carbonyl (C=O) groups excluding carboxylic acids is 2. The lowest BCUT2D eigenvalue weighted by atomic mass is 10.0. The summed E-state index contributed by atoms with van der Waals surface area (Å²) in [6.07, 6.45) is 0.162. The van der Waals surface area contributed by atoms with Crippen LogP contribution < -0.4 is 5.32 Å². The molecule has 0 spiro atoms. The number of thiazole rings is 1.